The number of hydrogen-bond acceptors (Lipinski definition) is 6. The third-order valence-corrected chi connectivity index (χ3v) is 4.86. The lowest BCUT2D eigenvalue weighted by atomic mass is 10.0. The summed E-state index contributed by atoms with van der Waals surface area (Å²) in [7, 11) is 0. The highest BCUT2D eigenvalue weighted by Gasteiger charge is 2.47. The molecule has 156 valence electrons. The Labute approximate surface area is 163 Å². The van der Waals surface area contributed by atoms with Gasteiger partial charge in [0.25, 0.3) is 0 Å². The first-order valence-corrected chi connectivity index (χ1v) is 10.5. The molecule has 0 radical (unpaired) electrons. The second-order valence-corrected chi connectivity index (χ2v) is 7.14. The summed E-state index contributed by atoms with van der Waals surface area (Å²) in [5.74, 6) is 0.518. The number of anilines is 1. The minimum absolute atomic E-state index is 0.172. The number of H-pyrrole nitrogens is 1. The quantitative estimate of drug-likeness (QED) is 0.477. The van der Waals surface area contributed by atoms with Crippen molar-refractivity contribution in [2.45, 2.75) is 83.7 Å². The van der Waals surface area contributed by atoms with Crippen LogP contribution in [0, 0.1) is 0 Å². The van der Waals surface area contributed by atoms with Gasteiger partial charge in [0.05, 0.1) is 12.8 Å². The third kappa shape index (κ3) is 6.45. The molecule has 1 fully saturated rings. The molecule has 7 heteroatoms. The normalized spacial score (nSPS) is 25.3. The lowest BCUT2D eigenvalue weighted by Crippen LogP contribution is -2.38. The van der Waals surface area contributed by atoms with E-state index in [9.17, 15) is 0 Å². The third-order valence-electron chi connectivity index (χ3n) is 4.86. The van der Waals surface area contributed by atoms with Gasteiger partial charge < -0.3 is 24.7 Å². The van der Waals surface area contributed by atoms with Gasteiger partial charge >= 0.3 is 0 Å². The summed E-state index contributed by atoms with van der Waals surface area (Å²) < 4.78 is 24.6. The van der Waals surface area contributed by atoms with Crippen LogP contribution in [0.15, 0.2) is 6.20 Å². The summed E-state index contributed by atoms with van der Waals surface area (Å²) >= 11 is 0. The van der Waals surface area contributed by atoms with Crippen LogP contribution in [-0.4, -0.2) is 54.9 Å². The van der Waals surface area contributed by atoms with E-state index in [2.05, 4.69) is 31.0 Å². The molecule has 7 nitrogen and oxygen atoms in total. The Balaban J connectivity index is 2.11. The van der Waals surface area contributed by atoms with Crippen LogP contribution in [0.1, 0.15) is 71.0 Å². The number of nitrogens with zero attached hydrogens (tertiary/aromatic N) is 1. The molecule has 27 heavy (non-hydrogen) atoms. The first-order chi connectivity index (χ1) is 13.2. The highest BCUT2D eigenvalue weighted by Crippen LogP contribution is 2.39. The van der Waals surface area contributed by atoms with Crippen molar-refractivity contribution < 1.29 is 18.9 Å². The van der Waals surface area contributed by atoms with Crippen LogP contribution in [0.3, 0.4) is 0 Å². The Kier molecular flexibility index (Phi) is 10.1. The van der Waals surface area contributed by atoms with E-state index in [0.717, 1.165) is 50.7 Å². The van der Waals surface area contributed by atoms with Gasteiger partial charge in [-0.1, -0.05) is 40.0 Å². The summed E-state index contributed by atoms with van der Waals surface area (Å²) in [6.07, 6.45) is 7.20. The Hall–Kier alpha value is -1.15. The average Bonchev–Trinajstić information content (AvgIpc) is 3.23. The van der Waals surface area contributed by atoms with Crippen molar-refractivity contribution in [1.82, 2.24) is 10.2 Å². The van der Waals surface area contributed by atoms with E-state index in [0.29, 0.717) is 25.6 Å². The molecule has 1 aromatic rings. The fourth-order valence-corrected chi connectivity index (χ4v) is 3.20. The van der Waals surface area contributed by atoms with Gasteiger partial charge in [0.2, 0.25) is 0 Å². The van der Waals surface area contributed by atoms with Gasteiger partial charge in [0.1, 0.15) is 30.2 Å². The highest BCUT2D eigenvalue weighted by atomic mass is 16.6. The van der Waals surface area contributed by atoms with E-state index < -0.39 is 0 Å². The fourth-order valence-electron chi connectivity index (χ4n) is 3.20. The van der Waals surface area contributed by atoms with Crippen LogP contribution in [-0.2, 0) is 18.9 Å². The van der Waals surface area contributed by atoms with Gasteiger partial charge in [0.15, 0.2) is 0 Å². The van der Waals surface area contributed by atoms with Crippen LogP contribution in [0.25, 0.3) is 0 Å². The molecule has 0 aromatic carbocycles. The molecule has 0 bridgehead atoms. The van der Waals surface area contributed by atoms with Crippen LogP contribution in [0.4, 0.5) is 5.82 Å². The first-order valence-electron chi connectivity index (χ1n) is 10.5. The molecule has 3 N–H and O–H groups in total. The standard InChI is InChI=1S/C20H37N3O4/c1-4-7-10-24-14-16-18(25-11-8-5-2)19(26-12-9-6-3)17(27-16)15-13-22-23-20(15)21/h13,16-19H,4-12,14H2,1-3H3,(H3,21,22,23). The van der Waals surface area contributed by atoms with Crippen molar-refractivity contribution in [2.24, 2.45) is 0 Å². The van der Waals surface area contributed by atoms with Crippen LogP contribution in [0.2, 0.25) is 0 Å². The van der Waals surface area contributed by atoms with E-state index in [1.54, 1.807) is 6.20 Å². The second-order valence-electron chi connectivity index (χ2n) is 7.14. The van der Waals surface area contributed by atoms with E-state index in [-0.39, 0.29) is 24.4 Å². The molecule has 0 amide bonds. The summed E-state index contributed by atoms with van der Waals surface area (Å²) in [5.41, 5.74) is 6.89. The molecule has 0 saturated carbocycles. The molecular formula is C20H37N3O4. The maximum Gasteiger partial charge on any atom is 0.124 e. The Morgan fingerprint density at radius 1 is 1.00 bits per heavy atom. The molecule has 0 spiro atoms. The number of rotatable bonds is 14. The molecule has 2 heterocycles. The maximum absolute atomic E-state index is 6.34. The highest BCUT2D eigenvalue weighted by molar-refractivity contribution is 5.40. The topological polar surface area (TPSA) is 91.6 Å². The van der Waals surface area contributed by atoms with Gasteiger partial charge in [-0.05, 0) is 19.3 Å². The number of ether oxygens (including phenoxy) is 4. The Morgan fingerprint density at radius 2 is 1.63 bits per heavy atom. The van der Waals surface area contributed by atoms with Crippen molar-refractivity contribution in [3.63, 3.8) is 0 Å². The Morgan fingerprint density at radius 3 is 2.22 bits per heavy atom. The number of nitrogens with two attached hydrogens (primary N) is 1. The number of aromatic nitrogens is 2. The zero-order valence-electron chi connectivity index (χ0n) is 17.1. The van der Waals surface area contributed by atoms with Gasteiger partial charge in [-0.3, -0.25) is 5.10 Å². The molecule has 1 aromatic heterocycles. The van der Waals surface area contributed by atoms with Crippen molar-refractivity contribution >= 4 is 5.82 Å². The van der Waals surface area contributed by atoms with Crippen LogP contribution in [0.5, 0.6) is 0 Å². The lowest BCUT2D eigenvalue weighted by Gasteiger charge is -2.25. The van der Waals surface area contributed by atoms with Crippen molar-refractivity contribution in [1.29, 1.82) is 0 Å². The van der Waals surface area contributed by atoms with Crippen LogP contribution < -0.4 is 5.73 Å². The maximum atomic E-state index is 6.34. The SMILES string of the molecule is CCCCOCC1OC(c2cn[nH]c2N)C(OCCCC)C1OCCCC. The van der Waals surface area contributed by atoms with Crippen molar-refractivity contribution in [2.75, 3.05) is 32.2 Å². The second kappa shape index (κ2) is 12.3. The summed E-state index contributed by atoms with van der Waals surface area (Å²) in [5, 5.41) is 6.85. The van der Waals surface area contributed by atoms with Gasteiger partial charge in [0, 0.05) is 25.4 Å². The molecule has 1 aliphatic heterocycles. The monoisotopic (exact) mass is 383 g/mol. The largest absolute Gasteiger partial charge is 0.384 e. The summed E-state index contributed by atoms with van der Waals surface area (Å²) in [4.78, 5) is 0. The number of unbranched alkanes of at least 4 members (excludes halogenated alkanes) is 3. The van der Waals surface area contributed by atoms with Crippen molar-refractivity contribution in [3.05, 3.63) is 11.8 Å². The smallest absolute Gasteiger partial charge is 0.124 e. The molecular weight excluding hydrogens is 346 g/mol. The zero-order chi connectivity index (χ0) is 19.5. The summed E-state index contributed by atoms with van der Waals surface area (Å²) in [6, 6.07) is 0. The average molecular weight is 384 g/mol. The molecule has 4 unspecified atom stereocenters. The van der Waals surface area contributed by atoms with Crippen molar-refractivity contribution in [3.8, 4) is 0 Å². The summed E-state index contributed by atoms with van der Waals surface area (Å²) in [6.45, 7) is 9.06. The lowest BCUT2D eigenvalue weighted by molar-refractivity contribution is -0.0795. The van der Waals surface area contributed by atoms with E-state index in [1.807, 2.05) is 0 Å². The number of aromatic amines is 1. The van der Waals surface area contributed by atoms with Gasteiger partial charge in [-0.25, -0.2) is 0 Å². The molecule has 1 saturated heterocycles. The first kappa shape index (κ1) is 22.1. The predicted molar refractivity (Wildman–Crippen MR) is 106 cm³/mol. The molecule has 0 aliphatic carbocycles. The molecule has 4 atom stereocenters. The van der Waals surface area contributed by atoms with Gasteiger partial charge in [-0.15, -0.1) is 0 Å². The van der Waals surface area contributed by atoms with Gasteiger partial charge in [-0.2, -0.15) is 5.10 Å². The van der Waals surface area contributed by atoms with Crippen LogP contribution >= 0.6 is 0 Å². The minimum Gasteiger partial charge on any atom is -0.384 e. The number of hydrogen-bond donors (Lipinski definition) is 2. The predicted octanol–water partition coefficient (Wildman–Crippen LogP) is 3.62. The zero-order valence-corrected chi connectivity index (χ0v) is 17.1. The molecule has 2 rings (SSSR count). The van der Waals surface area contributed by atoms with E-state index in [4.69, 9.17) is 24.7 Å². The fraction of sp³-hybridized carbons (Fsp3) is 0.850. The van der Waals surface area contributed by atoms with E-state index in [1.165, 1.54) is 0 Å². The number of nitrogen functional groups attached to an aromatic ring is 1. The Bertz CT molecular complexity index is 511. The number of nitrogens with one attached hydrogen (secondary N) is 1. The van der Waals surface area contributed by atoms with E-state index >= 15 is 0 Å². The molecule has 1 aliphatic rings. The minimum atomic E-state index is -0.299.